The lowest BCUT2D eigenvalue weighted by molar-refractivity contribution is 0.251. The van der Waals surface area contributed by atoms with Crippen molar-refractivity contribution in [3.05, 3.63) is 72.3 Å². The summed E-state index contributed by atoms with van der Waals surface area (Å²) in [6.07, 6.45) is 0. The summed E-state index contributed by atoms with van der Waals surface area (Å²) in [5, 5.41) is 8.01. The third kappa shape index (κ3) is 5.72. The number of carbonyl (C=O) groups is 1. The Balaban J connectivity index is 1.52. The zero-order valence-electron chi connectivity index (χ0n) is 15.7. The van der Waals surface area contributed by atoms with E-state index in [1.54, 1.807) is 0 Å². The van der Waals surface area contributed by atoms with Crippen molar-refractivity contribution in [1.82, 2.24) is 10.2 Å². The van der Waals surface area contributed by atoms with E-state index in [2.05, 4.69) is 15.5 Å². The van der Waals surface area contributed by atoms with Crippen LogP contribution in [0.4, 0.5) is 10.5 Å². The average Bonchev–Trinajstić information content (AvgIpc) is 2.66. The first-order valence-electron chi connectivity index (χ1n) is 9.00. The molecule has 0 aliphatic carbocycles. The van der Waals surface area contributed by atoms with Crippen LogP contribution in [0.2, 0.25) is 0 Å². The molecule has 0 atom stereocenters. The highest BCUT2D eigenvalue weighted by Crippen LogP contribution is 2.19. The number of benzene rings is 3. The number of hydrogen-bond acceptors (Lipinski definition) is 3. The van der Waals surface area contributed by atoms with Crippen molar-refractivity contribution in [3.63, 3.8) is 0 Å². The van der Waals surface area contributed by atoms with Crippen molar-refractivity contribution in [2.75, 3.05) is 32.6 Å². The Hall–Kier alpha value is -3.05. The fourth-order valence-corrected chi connectivity index (χ4v) is 2.72. The fourth-order valence-electron chi connectivity index (χ4n) is 2.72. The van der Waals surface area contributed by atoms with Gasteiger partial charge in [0, 0.05) is 18.8 Å². The van der Waals surface area contributed by atoms with Gasteiger partial charge in [-0.25, -0.2) is 4.79 Å². The lowest BCUT2D eigenvalue weighted by Crippen LogP contribution is -2.28. The number of ether oxygens (including phenoxy) is 1. The molecule has 0 fully saturated rings. The molecule has 3 rings (SSSR count). The van der Waals surface area contributed by atoms with E-state index in [4.69, 9.17) is 4.74 Å². The summed E-state index contributed by atoms with van der Waals surface area (Å²) in [6.45, 7) is 1.92. The number of fused-ring (bicyclic) bond motifs is 1. The van der Waals surface area contributed by atoms with Gasteiger partial charge in [-0.15, -0.1) is 0 Å². The van der Waals surface area contributed by atoms with E-state index >= 15 is 0 Å². The molecule has 0 radical (unpaired) electrons. The highest BCUT2D eigenvalue weighted by atomic mass is 16.5. The van der Waals surface area contributed by atoms with Gasteiger partial charge in [-0.2, -0.15) is 0 Å². The SMILES string of the molecule is CN(C)CCOc1cccc(CNC(=O)Nc2ccc3ccccc3c2)c1. The molecule has 0 aliphatic rings. The maximum atomic E-state index is 12.2. The molecule has 0 saturated carbocycles. The molecule has 140 valence electrons. The van der Waals surface area contributed by atoms with Gasteiger partial charge in [0.25, 0.3) is 0 Å². The van der Waals surface area contributed by atoms with Crippen molar-refractivity contribution in [2.45, 2.75) is 6.54 Å². The first-order valence-corrected chi connectivity index (χ1v) is 9.00. The number of hydrogen-bond donors (Lipinski definition) is 2. The minimum absolute atomic E-state index is 0.232. The van der Waals surface area contributed by atoms with Crippen LogP contribution >= 0.6 is 0 Å². The molecular formula is C22H25N3O2. The molecule has 0 aromatic heterocycles. The molecule has 2 N–H and O–H groups in total. The zero-order valence-corrected chi connectivity index (χ0v) is 15.7. The van der Waals surface area contributed by atoms with E-state index in [-0.39, 0.29) is 6.03 Å². The second-order valence-corrected chi connectivity index (χ2v) is 6.67. The van der Waals surface area contributed by atoms with Gasteiger partial charge in [0.05, 0.1) is 0 Å². The van der Waals surface area contributed by atoms with Crippen molar-refractivity contribution in [2.24, 2.45) is 0 Å². The van der Waals surface area contributed by atoms with Crippen LogP contribution in [0.15, 0.2) is 66.7 Å². The average molecular weight is 363 g/mol. The van der Waals surface area contributed by atoms with Crippen LogP contribution < -0.4 is 15.4 Å². The van der Waals surface area contributed by atoms with E-state index in [0.29, 0.717) is 13.2 Å². The molecule has 27 heavy (non-hydrogen) atoms. The zero-order chi connectivity index (χ0) is 19.1. The quantitative estimate of drug-likeness (QED) is 0.664. The van der Waals surface area contributed by atoms with E-state index in [1.807, 2.05) is 80.8 Å². The van der Waals surface area contributed by atoms with Gasteiger partial charge >= 0.3 is 6.03 Å². The summed E-state index contributed by atoms with van der Waals surface area (Å²) in [6, 6.07) is 21.5. The smallest absolute Gasteiger partial charge is 0.319 e. The van der Waals surface area contributed by atoms with Gasteiger partial charge < -0.3 is 20.3 Å². The second-order valence-electron chi connectivity index (χ2n) is 6.67. The Morgan fingerprint density at radius 2 is 1.78 bits per heavy atom. The molecule has 0 heterocycles. The molecule has 3 aromatic carbocycles. The lowest BCUT2D eigenvalue weighted by atomic mass is 10.1. The number of rotatable bonds is 7. The first kappa shape index (κ1) is 18.7. The van der Waals surface area contributed by atoms with Gasteiger partial charge in [-0.1, -0.05) is 42.5 Å². The minimum atomic E-state index is -0.232. The Bertz CT molecular complexity index is 909. The van der Waals surface area contributed by atoms with Crippen LogP contribution in [0.1, 0.15) is 5.56 Å². The summed E-state index contributed by atoms with van der Waals surface area (Å²) >= 11 is 0. The standard InChI is InChI=1S/C22H25N3O2/c1-25(2)12-13-27-21-9-5-6-17(14-21)16-23-22(26)24-20-11-10-18-7-3-4-8-19(18)15-20/h3-11,14-15H,12-13,16H2,1-2H3,(H2,23,24,26). The number of nitrogens with zero attached hydrogens (tertiary/aromatic N) is 1. The highest BCUT2D eigenvalue weighted by Gasteiger charge is 2.04. The largest absolute Gasteiger partial charge is 0.492 e. The number of likely N-dealkylation sites (N-methyl/N-ethyl adjacent to an activating group) is 1. The first-order chi connectivity index (χ1) is 13.1. The predicted octanol–water partition coefficient (Wildman–Crippen LogP) is 4.10. The molecule has 0 spiro atoms. The van der Waals surface area contributed by atoms with Crippen molar-refractivity contribution < 1.29 is 9.53 Å². The Kier molecular flexibility index (Phi) is 6.28. The Labute approximate surface area is 159 Å². The lowest BCUT2D eigenvalue weighted by Gasteiger charge is -2.12. The van der Waals surface area contributed by atoms with E-state index in [1.165, 1.54) is 0 Å². The van der Waals surface area contributed by atoms with Gasteiger partial charge in [0.2, 0.25) is 0 Å². The number of anilines is 1. The maximum Gasteiger partial charge on any atom is 0.319 e. The summed E-state index contributed by atoms with van der Waals surface area (Å²) in [5.41, 5.74) is 1.76. The van der Waals surface area contributed by atoms with Crippen LogP contribution in [0.25, 0.3) is 10.8 Å². The number of amides is 2. The van der Waals surface area contributed by atoms with E-state index in [0.717, 1.165) is 34.3 Å². The van der Waals surface area contributed by atoms with E-state index < -0.39 is 0 Å². The molecule has 0 bridgehead atoms. The molecule has 0 unspecified atom stereocenters. The molecular weight excluding hydrogens is 338 g/mol. The van der Waals surface area contributed by atoms with Gasteiger partial charge in [0.1, 0.15) is 12.4 Å². The minimum Gasteiger partial charge on any atom is -0.492 e. The second kappa shape index (κ2) is 9.05. The molecule has 0 saturated heterocycles. The highest BCUT2D eigenvalue weighted by molar-refractivity contribution is 5.93. The molecule has 5 heteroatoms. The van der Waals surface area contributed by atoms with Gasteiger partial charge in [-0.3, -0.25) is 0 Å². The van der Waals surface area contributed by atoms with Gasteiger partial charge in [-0.05, 0) is 54.7 Å². The van der Waals surface area contributed by atoms with Crippen LogP contribution in [0.3, 0.4) is 0 Å². The third-order valence-electron chi connectivity index (χ3n) is 4.17. The normalized spacial score (nSPS) is 10.8. The van der Waals surface area contributed by atoms with Crippen LogP contribution in [0, 0.1) is 0 Å². The predicted molar refractivity (Wildman–Crippen MR) is 110 cm³/mol. The summed E-state index contributed by atoms with van der Waals surface area (Å²) in [5.74, 6) is 0.811. The molecule has 5 nitrogen and oxygen atoms in total. The topological polar surface area (TPSA) is 53.6 Å². The van der Waals surface area contributed by atoms with E-state index in [9.17, 15) is 4.79 Å². The van der Waals surface area contributed by atoms with Crippen molar-refractivity contribution in [3.8, 4) is 5.75 Å². The van der Waals surface area contributed by atoms with Crippen molar-refractivity contribution in [1.29, 1.82) is 0 Å². The van der Waals surface area contributed by atoms with Crippen molar-refractivity contribution >= 4 is 22.5 Å². The monoisotopic (exact) mass is 363 g/mol. The van der Waals surface area contributed by atoms with Crippen LogP contribution in [0.5, 0.6) is 5.75 Å². The van der Waals surface area contributed by atoms with Crippen LogP contribution in [-0.4, -0.2) is 38.2 Å². The molecule has 3 aromatic rings. The fraction of sp³-hybridized carbons (Fsp3) is 0.227. The summed E-state index contributed by atoms with van der Waals surface area (Å²) in [4.78, 5) is 14.3. The Morgan fingerprint density at radius 1 is 0.963 bits per heavy atom. The number of carbonyl (C=O) groups excluding carboxylic acids is 1. The molecule has 0 aliphatic heterocycles. The Morgan fingerprint density at radius 3 is 2.59 bits per heavy atom. The summed E-state index contributed by atoms with van der Waals surface area (Å²) < 4.78 is 5.73. The summed E-state index contributed by atoms with van der Waals surface area (Å²) in [7, 11) is 4.02. The maximum absolute atomic E-state index is 12.2. The number of urea groups is 1. The molecule has 2 amide bonds. The third-order valence-corrected chi connectivity index (χ3v) is 4.17. The number of nitrogens with one attached hydrogen (secondary N) is 2. The van der Waals surface area contributed by atoms with Crippen LogP contribution in [-0.2, 0) is 6.54 Å². The van der Waals surface area contributed by atoms with Gasteiger partial charge in [0.15, 0.2) is 0 Å².